The lowest BCUT2D eigenvalue weighted by molar-refractivity contribution is 0.102. The molecule has 2 fully saturated rings. The summed E-state index contributed by atoms with van der Waals surface area (Å²) in [6.45, 7) is 5.67. The van der Waals surface area contributed by atoms with E-state index >= 15 is 0 Å². The highest BCUT2D eigenvalue weighted by Crippen LogP contribution is 2.32. The van der Waals surface area contributed by atoms with E-state index in [9.17, 15) is 9.18 Å². The first-order valence-corrected chi connectivity index (χ1v) is 12.3. The predicted molar refractivity (Wildman–Crippen MR) is 135 cm³/mol. The third kappa shape index (κ3) is 4.03. The maximum absolute atomic E-state index is 14.6. The first kappa shape index (κ1) is 22.0. The molecule has 1 saturated carbocycles. The Kier molecular flexibility index (Phi) is 5.25. The van der Waals surface area contributed by atoms with Gasteiger partial charge in [0.15, 0.2) is 11.5 Å². The van der Waals surface area contributed by atoms with Crippen LogP contribution in [0.1, 0.15) is 47.4 Å². The molecule has 1 amide bonds. The number of carbonyl (C=O) groups excluding carboxylic acids is 1. The zero-order valence-corrected chi connectivity index (χ0v) is 20.3. The number of piperidine rings is 1. The van der Waals surface area contributed by atoms with Crippen molar-refractivity contribution in [1.82, 2.24) is 24.5 Å². The smallest absolute Gasteiger partial charge is 0.257 e. The van der Waals surface area contributed by atoms with E-state index in [1.165, 1.54) is 18.9 Å². The van der Waals surface area contributed by atoms with E-state index in [4.69, 9.17) is 0 Å². The van der Waals surface area contributed by atoms with Crippen LogP contribution in [0.4, 0.5) is 15.8 Å². The van der Waals surface area contributed by atoms with E-state index in [-0.39, 0.29) is 11.6 Å². The van der Waals surface area contributed by atoms with Gasteiger partial charge in [-0.1, -0.05) is 0 Å². The molecule has 2 N–H and O–H groups in total. The molecule has 35 heavy (non-hydrogen) atoms. The average Bonchev–Trinajstić information content (AvgIpc) is 3.49. The number of rotatable bonds is 5. The molecule has 0 spiro atoms. The molecule has 1 aliphatic heterocycles. The van der Waals surface area contributed by atoms with Gasteiger partial charge in [0, 0.05) is 67.4 Å². The van der Waals surface area contributed by atoms with Crippen LogP contribution in [-0.2, 0) is 7.05 Å². The van der Waals surface area contributed by atoms with Crippen LogP contribution in [0.25, 0.3) is 16.6 Å². The van der Waals surface area contributed by atoms with Crippen molar-refractivity contribution in [2.75, 3.05) is 23.3 Å². The Morgan fingerprint density at radius 2 is 1.83 bits per heavy atom. The van der Waals surface area contributed by atoms with Crippen molar-refractivity contribution in [3.63, 3.8) is 0 Å². The van der Waals surface area contributed by atoms with Gasteiger partial charge in [0.05, 0.1) is 16.9 Å². The Balaban J connectivity index is 1.27. The zero-order chi connectivity index (χ0) is 24.3. The van der Waals surface area contributed by atoms with E-state index < -0.39 is 5.82 Å². The van der Waals surface area contributed by atoms with Gasteiger partial charge in [-0.25, -0.2) is 9.37 Å². The quantitative estimate of drug-likeness (QED) is 0.457. The maximum Gasteiger partial charge on any atom is 0.257 e. The summed E-state index contributed by atoms with van der Waals surface area (Å²) in [5.41, 5.74) is 4.44. The summed E-state index contributed by atoms with van der Waals surface area (Å²) in [7, 11) is 1.87. The van der Waals surface area contributed by atoms with Crippen molar-refractivity contribution < 1.29 is 9.18 Å². The summed E-state index contributed by atoms with van der Waals surface area (Å²) in [5, 5.41) is 12.2. The molecule has 1 aromatic carbocycles. The van der Waals surface area contributed by atoms with Crippen molar-refractivity contribution in [3.05, 3.63) is 53.4 Å². The molecule has 0 radical (unpaired) electrons. The minimum absolute atomic E-state index is 0.255. The molecule has 0 bridgehead atoms. The molecule has 3 aromatic heterocycles. The first-order valence-electron chi connectivity index (χ1n) is 12.3. The largest absolute Gasteiger partial charge is 0.371 e. The lowest BCUT2D eigenvalue weighted by Crippen LogP contribution is -2.43. The highest BCUT2D eigenvalue weighted by Gasteiger charge is 2.28. The molecule has 9 heteroatoms. The van der Waals surface area contributed by atoms with Gasteiger partial charge in [0.2, 0.25) is 0 Å². The van der Waals surface area contributed by atoms with Gasteiger partial charge in [-0.05, 0) is 51.7 Å². The Bertz CT molecular complexity index is 1440. The first-order chi connectivity index (χ1) is 16.9. The molecular formula is C26H30FN7O. The van der Waals surface area contributed by atoms with Crippen LogP contribution in [0.15, 0.2) is 30.6 Å². The molecule has 4 heterocycles. The third-order valence-corrected chi connectivity index (χ3v) is 7.31. The molecule has 1 saturated heterocycles. The molecule has 182 valence electrons. The van der Waals surface area contributed by atoms with E-state index in [0.29, 0.717) is 22.8 Å². The number of aromatic nitrogens is 4. The number of fused-ring (bicyclic) bond motifs is 2. The molecular weight excluding hydrogens is 445 g/mol. The molecule has 0 atom stereocenters. The average molecular weight is 476 g/mol. The van der Waals surface area contributed by atoms with Crippen molar-refractivity contribution in [1.29, 1.82) is 0 Å². The number of nitrogens with zero attached hydrogens (tertiary/aromatic N) is 5. The van der Waals surface area contributed by atoms with E-state index in [1.54, 1.807) is 15.3 Å². The summed E-state index contributed by atoms with van der Waals surface area (Å²) in [6, 6.07) is 6.47. The fourth-order valence-electron chi connectivity index (χ4n) is 5.13. The second-order valence-electron chi connectivity index (χ2n) is 9.91. The standard InChI is InChI=1S/C26H30FN7O/c1-15-16(2)34-13-19(12-22(27)25(34)28-15)30-26(35)20-6-7-23(21-14-32(3)31-24(20)21)33-10-8-18(9-11-33)29-17-4-5-17/h6-7,12-14,17-18,29H,4-5,8-11H2,1-3H3,(H,30,35). The highest BCUT2D eigenvalue weighted by atomic mass is 19.1. The third-order valence-electron chi connectivity index (χ3n) is 7.31. The maximum atomic E-state index is 14.6. The summed E-state index contributed by atoms with van der Waals surface area (Å²) in [6.07, 6.45) is 8.52. The number of hydrogen-bond acceptors (Lipinski definition) is 5. The Hall–Kier alpha value is -3.46. The van der Waals surface area contributed by atoms with Gasteiger partial charge < -0.3 is 15.5 Å². The van der Waals surface area contributed by atoms with Crippen molar-refractivity contribution in [2.24, 2.45) is 7.05 Å². The number of imidazole rings is 1. The Morgan fingerprint density at radius 1 is 1.09 bits per heavy atom. The van der Waals surface area contributed by atoms with Gasteiger partial charge >= 0.3 is 0 Å². The monoisotopic (exact) mass is 475 g/mol. The minimum Gasteiger partial charge on any atom is -0.371 e. The number of hydrogen-bond donors (Lipinski definition) is 2. The van der Waals surface area contributed by atoms with E-state index in [0.717, 1.165) is 54.4 Å². The van der Waals surface area contributed by atoms with Crippen LogP contribution in [-0.4, -0.2) is 50.2 Å². The number of benzene rings is 1. The number of aryl methyl sites for hydroxylation is 3. The van der Waals surface area contributed by atoms with E-state index in [2.05, 4.69) is 25.6 Å². The number of halogens is 1. The Labute approximate surface area is 203 Å². The number of amides is 1. The number of carbonyl (C=O) groups is 1. The number of anilines is 2. The molecule has 2 aliphatic rings. The Morgan fingerprint density at radius 3 is 2.57 bits per heavy atom. The molecule has 0 unspecified atom stereocenters. The minimum atomic E-state index is -0.475. The van der Waals surface area contributed by atoms with Gasteiger partial charge in [0.25, 0.3) is 5.91 Å². The van der Waals surface area contributed by atoms with Crippen LogP contribution in [0.3, 0.4) is 0 Å². The summed E-state index contributed by atoms with van der Waals surface area (Å²) < 4.78 is 18.1. The van der Waals surface area contributed by atoms with Crippen molar-refractivity contribution >= 4 is 33.8 Å². The molecule has 8 nitrogen and oxygen atoms in total. The topological polar surface area (TPSA) is 79.5 Å². The van der Waals surface area contributed by atoms with Crippen LogP contribution >= 0.6 is 0 Å². The molecule has 6 rings (SSSR count). The fraction of sp³-hybridized carbons (Fsp3) is 0.423. The predicted octanol–water partition coefficient (Wildman–Crippen LogP) is 3.95. The van der Waals surface area contributed by atoms with Crippen LogP contribution < -0.4 is 15.5 Å². The summed E-state index contributed by atoms with van der Waals surface area (Å²) in [5.74, 6) is -0.794. The van der Waals surface area contributed by atoms with Crippen LogP contribution in [0, 0.1) is 19.7 Å². The van der Waals surface area contributed by atoms with Gasteiger partial charge in [-0.2, -0.15) is 5.10 Å². The summed E-state index contributed by atoms with van der Waals surface area (Å²) >= 11 is 0. The molecule has 4 aromatic rings. The lowest BCUT2D eigenvalue weighted by Gasteiger charge is -2.34. The van der Waals surface area contributed by atoms with Gasteiger partial charge in [0.1, 0.15) is 5.52 Å². The number of pyridine rings is 1. The van der Waals surface area contributed by atoms with Crippen molar-refractivity contribution in [2.45, 2.75) is 51.6 Å². The normalized spacial score (nSPS) is 17.0. The number of nitrogens with one attached hydrogen (secondary N) is 2. The zero-order valence-electron chi connectivity index (χ0n) is 20.3. The second-order valence-corrected chi connectivity index (χ2v) is 9.91. The van der Waals surface area contributed by atoms with Gasteiger partial charge in [-0.3, -0.25) is 13.9 Å². The lowest BCUT2D eigenvalue weighted by atomic mass is 10.0. The van der Waals surface area contributed by atoms with Gasteiger partial charge in [-0.15, -0.1) is 0 Å². The fourth-order valence-corrected chi connectivity index (χ4v) is 5.13. The second kappa shape index (κ2) is 8.34. The molecule has 1 aliphatic carbocycles. The SMILES string of the molecule is Cc1nc2c(F)cc(NC(=O)c3ccc(N4CCC(NC5CC5)CC4)c4cn(C)nc34)cn2c1C. The van der Waals surface area contributed by atoms with Crippen LogP contribution in [0.2, 0.25) is 0 Å². The van der Waals surface area contributed by atoms with Crippen molar-refractivity contribution in [3.8, 4) is 0 Å². The summed E-state index contributed by atoms with van der Waals surface area (Å²) in [4.78, 5) is 19.9. The van der Waals surface area contributed by atoms with Crippen LogP contribution in [0.5, 0.6) is 0 Å². The highest BCUT2D eigenvalue weighted by molar-refractivity contribution is 6.13. The van der Waals surface area contributed by atoms with E-state index in [1.807, 2.05) is 39.2 Å².